The number of ether oxygens (including phenoxy) is 1. The Labute approximate surface area is 689 Å². The van der Waals surface area contributed by atoms with Crippen molar-refractivity contribution in [3.8, 4) is 0 Å². The third-order valence-corrected chi connectivity index (χ3v) is 22.7. The Hall–Kier alpha value is -9.49. The topological polar surface area (TPSA) is 402 Å². The normalized spacial score (nSPS) is 16.8. The van der Waals surface area contributed by atoms with Crippen molar-refractivity contribution in [2.75, 3.05) is 83.5 Å². The number of ketones is 4. The van der Waals surface area contributed by atoms with Crippen LogP contribution in [0.15, 0.2) is 124 Å². The molecule has 0 spiro atoms. The zero-order valence-corrected chi connectivity index (χ0v) is 71.5. The maximum absolute atomic E-state index is 13.8. The molecule has 0 radical (unpaired) electrons. The number of rotatable bonds is 50. The van der Waals surface area contributed by atoms with Crippen LogP contribution in [0.1, 0.15) is 186 Å². The second-order valence-corrected chi connectivity index (χ2v) is 33.7. The van der Waals surface area contributed by atoms with Gasteiger partial charge < -0.3 is 62.7 Å². The van der Waals surface area contributed by atoms with Gasteiger partial charge in [-0.1, -0.05) is 112 Å². The lowest BCUT2D eigenvalue weighted by molar-refractivity contribution is -0.401. The predicted molar refractivity (Wildman–Crippen MR) is 454 cm³/mol. The van der Waals surface area contributed by atoms with E-state index in [1.165, 1.54) is 52.2 Å². The second-order valence-electron chi connectivity index (χ2n) is 31.4. The van der Waals surface area contributed by atoms with Gasteiger partial charge in [-0.05, 0) is 159 Å². The summed E-state index contributed by atoms with van der Waals surface area (Å²) >= 11 is 1.32. The zero-order valence-electron chi connectivity index (χ0n) is 69.9. The average molecular weight is 1640 g/mol. The van der Waals surface area contributed by atoms with Crippen LogP contribution in [0.2, 0.25) is 0 Å². The Morgan fingerprint density at radius 3 is 2.18 bits per heavy atom. The summed E-state index contributed by atoms with van der Waals surface area (Å²) < 4.78 is 42.4. The van der Waals surface area contributed by atoms with Gasteiger partial charge in [-0.25, -0.2) is 0 Å². The molecule has 30 heteroatoms. The summed E-state index contributed by atoms with van der Waals surface area (Å²) in [4.78, 5) is 145. The molecule has 3 aromatic carbocycles. The summed E-state index contributed by atoms with van der Waals surface area (Å²) in [5, 5.41) is 21.0. The molecule has 6 amide bonds. The number of hydrogen-bond donors (Lipinski definition) is 9. The molecule has 0 aromatic heterocycles. The fourth-order valence-electron chi connectivity index (χ4n) is 14.6. The van der Waals surface area contributed by atoms with E-state index in [0.29, 0.717) is 70.2 Å². The lowest BCUT2D eigenvalue weighted by Crippen LogP contribution is -2.54. The Bertz CT molecular complexity index is 4290. The average Bonchev–Trinajstić information content (AvgIpc) is 1.07. The molecule has 1 saturated heterocycles. The number of Topliss-reactive ketones (excluding diaryl/α,β-unsaturated/α-hetero) is 4. The number of carbonyl (C=O) groups excluding carboxylic acids is 10. The zero-order chi connectivity index (χ0) is 85.5. The number of guanidine groups is 1. The summed E-state index contributed by atoms with van der Waals surface area (Å²) in [5.41, 5.74) is 20.0. The molecule has 28 nitrogen and oxygen atoms in total. The Morgan fingerprint density at radius 1 is 0.767 bits per heavy atom. The quantitative estimate of drug-likeness (QED) is 0.00489. The molecule has 0 aliphatic carbocycles. The number of likely N-dealkylation sites (N-methyl/N-ethyl adjacent to an activating group) is 1. The number of unbranched alkanes of at least 4 members (excludes halogenated alkanes) is 2. The molecule has 634 valence electrons. The van der Waals surface area contributed by atoms with Gasteiger partial charge in [0.2, 0.25) is 41.1 Å². The van der Waals surface area contributed by atoms with Crippen LogP contribution in [0.5, 0.6) is 0 Å². The van der Waals surface area contributed by atoms with Gasteiger partial charge in [0.1, 0.15) is 38.1 Å². The van der Waals surface area contributed by atoms with Gasteiger partial charge in [-0.3, -0.25) is 57.5 Å². The Balaban J connectivity index is 0.860. The van der Waals surface area contributed by atoms with Gasteiger partial charge in [0.25, 0.3) is 10.1 Å². The van der Waals surface area contributed by atoms with E-state index in [0.717, 1.165) is 40.9 Å². The van der Waals surface area contributed by atoms with E-state index < -0.39 is 99.3 Å². The number of aliphatic imine (C=N–C) groups is 1. The molecule has 0 unspecified atom stereocenters. The number of nitrogens with zero attached hydrogens (tertiary/aromatic N) is 5. The van der Waals surface area contributed by atoms with Gasteiger partial charge in [0.05, 0.1) is 53.2 Å². The Morgan fingerprint density at radius 2 is 1.49 bits per heavy atom. The van der Waals surface area contributed by atoms with Crippen molar-refractivity contribution in [2.45, 2.75) is 218 Å². The van der Waals surface area contributed by atoms with E-state index in [2.05, 4.69) is 104 Å². The van der Waals surface area contributed by atoms with Gasteiger partial charge in [-0.2, -0.15) is 24.8 Å². The van der Waals surface area contributed by atoms with Crippen molar-refractivity contribution >= 4 is 109 Å². The van der Waals surface area contributed by atoms with Crippen LogP contribution in [0, 0.1) is 18.8 Å². The molecular weight excluding hydrogens is 1520 g/mol. The number of aryl methyl sites for hydroxylation is 1. The van der Waals surface area contributed by atoms with E-state index in [4.69, 9.17) is 21.0 Å². The SMILES string of the molecule is CCC(=O)[C@@H](CCCN=C(N)N)NC(=O)CCC(=O)[C@H](C)NC(=O)[C@H](CSC)CC(=O)CNC(=O)[C@H](CC(C)C)NC(=O)[C@@H]1CCCN1C(=O)COCCCC(=O)[C@H](Cc1ccc(/C(C)=N/OCCNC(=O)CCCCCN2/C(=C/C=C/C=C/C=C/C3=[N+](C)c4ccc(C)cc4C3(C)C)C(C)(C)c3cc(S(=O)(=O)O)ccc32)cc1)NC. The summed E-state index contributed by atoms with van der Waals surface area (Å²) in [6.07, 6.45) is 20.8. The lowest BCUT2D eigenvalue weighted by atomic mass is 9.81. The maximum Gasteiger partial charge on any atom is 0.294 e. The number of anilines is 1. The summed E-state index contributed by atoms with van der Waals surface area (Å²) in [6.45, 7) is 20.4. The molecule has 3 heterocycles. The number of hydrogen-bond acceptors (Lipinski definition) is 19. The second kappa shape index (κ2) is 46.5. The highest BCUT2D eigenvalue weighted by atomic mass is 32.2. The number of nitrogens with one attached hydrogen (secondary N) is 6. The molecule has 116 heavy (non-hydrogen) atoms. The van der Waals surface area contributed by atoms with Crippen molar-refractivity contribution in [1.29, 1.82) is 0 Å². The number of likely N-dealkylation sites (tertiary alicyclic amines) is 1. The van der Waals surface area contributed by atoms with E-state index in [9.17, 15) is 60.9 Å². The molecule has 3 aliphatic rings. The van der Waals surface area contributed by atoms with Crippen molar-refractivity contribution < 1.29 is 75.1 Å². The van der Waals surface area contributed by atoms with Gasteiger partial charge in [0, 0.05) is 105 Å². The van der Waals surface area contributed by atoms with Crippen LogP contribution in [-0.2, 0) is 84.9 Å². The largest absolute Gasteiger partial charge is 0.394 e. The molecule has 11 N–H and O–H groups in total. The Kier molecular flexibility index (Phi) is 38.2. The summed E-state index contributed by atoms with van der Waals surface area (Å²) in [5.74, 6) is -4.58. The molecular formula is C86H124N13O15S2+. The first kappa shape index (κ1) is 95.4. The van der Waals surface area contributed by atoms with Gasteiger partial charge in [-0.15, -0.1) is 0 Å². The standard InChI is InChI=1S/C86H123N13O15S2/c1-14-73(101)67(26-23-42-91-84(87)88)94-79(105)41-40-74(102)59(6)93-81(107)62(55-115-13)51-63(100)53-92-82(108)69(48-56(2)3)95-83(109)72-27-24-45-99(72)80(106)54-113-46-25-28-75(103)68(89-11)50-60-33-35-61(36-34-60)58(5)96-114-47-43-90-78(104)31-21-18-22-44-98-71-39-37-64(116(110,111)112)52-66(71)86(9,10)77(98)30-20-17-15-16-19-29-76-85(7,8)65-49-57(4)32-38-70(65)97(76)12/h15-17,19-20,29-30,32-39,49,52,56,59,62,67-69,72,89H,14,18,21-28,31,40-48,50-51,53-55H2,1-13H3,(H9-,87,88,90,91,92,93,94,95,104,105,107,108,109,110,111,112)/p+1/b96-58+/t59-,62-,67+,68-,69-,72-/m0/s1. The molecule has 1 fully saturated rings. The smallest absolute Gasteiger partial charge is 0.294 e. The highest BCUT2D eigenvalue weighted by molar-refractivity contribution is 7.98. The number of benzene rings is 3. The van der Waals surface area contributed by atoms with E-state index in [-0.39, 0.29) is 117 Å². The minimum absolute atomic E-state index is 0.0351. The van der Waals surface area contributed by atoms with Crippen LogP contribution in [0.3, 0.4) is 0 Å². The third kappa shape index (κ3) is 29.0. The number of fused-ring (bicyclic) bond motifs is 2. The third-order valence-electron chi connectivity index (χ3n) is 21.1. The van der Waals surface area contributed by atoms with E-state index in [1.807, 2.05) is 95.3 Å². The van der Waals surface area contributed by atoms with Crippen molar-refractivity contribution in [3.05, 3.63) is 137 Å². The minimum atomic E-state index is -4.43. The number of thioether (sulfide) groups is 1. The molecule has 0 saturated carbocycles. The van der Waals surface area contributed by atoms with E-state index >= 15 is 0 Å². The fourth-order valence-corrected chi connectivity index (χ4v) is 15.8. The number of carbonyl (C=O) groups is 10. The summed E-state index contributed by atoms with van der Waals surface area (Å²) in [6, 6.07) is 14.8. The van der Waals surface area contributed by atoms with Crippen LogP contribution in [0.4, 0.5) is 11.4 Å². The molecule has 6 atom stereocenters. The first-order chi connectivity index (χ1) is 55.0. The molecule has 3 aliphatic heterocycles. The van der Waals surface area contributed by atoms with Crippen molar-refractivity contribution in [1.82, 2.24) is 36.8 Å². The molecule has 6 rings (SSSR count). The maximum atomic E-state index is 13.8. The number of nitrogens with two attached hydrogens (primary N) is 2. The monoisotopic (exact) mass is 1640 g/mol. The minimum Gasteiger partial charge on any atom is -0.394 e. The number of oxime groups is 1. The van der Waals surface area contributed by atoms with Crippen LogP contribution < -0.4 is 48.3 Å². The highest BCUT2D eigenvalue weighted by Gasteiger charge is 2.44. The van der Waals surface area contributed by atoms with Gasteiger partial charge >= 0.3 is 0 Å². The molecule has 0 bridgehead atoms. The summed E-state index contributed by atoms with van der Waals surface area (Å²) in [7, 11) is -0.611. The van der Waals surface area contributed by atoms with E-state index in [1.54, 1.807) is 32.4 Å². The lowest BCUT2D eigenvalue weighted by Gasteiger charge is -2.27. The van der Waals surface area contributed by atoms with Gasteiger partial charge in [0.15, 0.2) is 29.0 Å². The van der Waals surface area contributed by atoms with Crippen molar-refractivity contribution in [2.24, 2.45) is 33.5 Å². The number of allylic oxidation sites excluding steroid dienone is 8. The number of amides is 6. The predicted octanol–water partition coefficient (Wildman–Crippen LogP) is 8.16. The van der Waals surface area contributed by atoms with Crippen molar-refractivity contribution in [3.63, 3.8) is 0 Å². The first-order valence-corrected chi connectivity index (χ1v) is 43.1. The van der Waals surface area contributed by atoms with Crippen LogP contribution in [0.25, 0.3) is 0 Å². The fraction of sp³-hybridized carbons (Fsp3) is 0.547. The van der Waals surface area contributed by atoms with Crippen LogP contribution >= 0.6 is 11.8 Å². The molecule has 3 aromatic rings. The first-order valence-electron chi connectivity index (χ1n) is 40.3. The van der Waals surface area contributed by atoms with Crippen LogP contribution in [-0.4, -0.2) is 207 Å². The highest BCUT2D eigenvalue weighted by Crippen LogP contribution is 2.49.